The molecule has 1 heterocycles. The second-order valence-corrected chi connectivity index (χ2v) is 5.79. The Labute approximate surface area is 115 Å². The largest absolute Gasteiger partial charge is 0.315 e. The van der Waals surface area contributed by atoms with Crippen LogP contribution < -0.4 is 5.32 Å². The molecule has 0 bridgehead atoms. The lowest BCUT2D eigenvalue weighted by Gasteiger charge is -2.21. The Balaban J connectivity index is 1.70. The third-order valence-corrected chi connectivity index (χ3v) is 4.50. The van der Waals surface area contributed by atoms with Gasteiger partial charge in [0, 0.05) is 6.54 Å². The van der Waals surface area contributed by atoms with E-state index in [0.29, 0.717) is 0 Å². The molecule has 1 aliphatic carbocycles. The van der Waals surface area contributed by atoms with Crippen molar-refractivity contribution in [2.45, 2.75) is 52.5 Å². The van der Waals surface area contributed by atoms with Crippen LogP contribution in [0.15, 0.2) is 0 Å². The molecule has 0 saturated heterocycles. The van der Waals surface area contributed by atoms with Gasteiger partial charge in [0.1, 0.15) is 0 Å². The molecule has 4 heteroatoms. The Morgan fingerprint density at radius 3 is 2.61 bits per heavy atom. The number of nitrogens with one attached hydrogen (secondary N) is 1. The summed E-state index contributed by atoms with van der Waals surface area (Å²) in [6.45, 7) is 7.04. The van der Waals surface area contributed by atoms with Gasteiger partial charge >= 0.3 is 0 Å². The van der Waals surface area contributed by atoms with Crippen molar-refractivity contribution in [1.29, 1.82) is 0 Å². The van der Waals surface area contributed by atoms with Gasteiger partial charge in [-0.3, -0.25) is 4.68 Å². The molecule has 18 heavy (non-hydrogen) atoms. The summed E-state index contributed by atoms with van der Waals surface area (Å²) in [7, 11) is 0. The van der Waals surface area contributed by atoms with Crippen molar-refractivity contribution in [3.8, 4) is 0 Å². The predicted molar refractivity (Wildman–Crippen MR) is 76.2 cm³/mol. The van der Waals surface area contributed by atoms with E-state index in [4.69, 9.17) is 11.6 Å². The van der Waals surface area contributed by atoms with E-state index in [1.165, 1.54) is 32.1 Å². The van der Waals surface area contributed by atoms with Crippen molar-refractivity contribution in [2.75, 3.05) is 13.1 Å². The molecular weight excluding hydrogens is 246 g/mol. The summed E-state index contributed by atoms with van der Waals surface area (Å²) in [4.78, 5) is 0. The fraction of sp³-hybridized carbons (Fsp3) is 0.786. The van der Waals surface area contributed by atoms with E-state index in [9.17, 15) is 0 Å². The van der Waals surface area contributed by atoms with Crippen molar-refractivity contribution >= 4 is 11.6 Å². The molecule has 0 atom stereocenters. The van der Waals surface area contributed by atoms with E-state index in [1.807, 2.05) is 18.5 Å². The van der Waals surface area contributed by atoms with Crippen LogP contribution in [0.2, 0.25) is 5.02 Å². The number of aryl methyl sites for hydroxylation is 1. The molecule has 1 aliphatic rings. The maximum Gasteiger partial charge on any atom is 0.0844 e. The lowest BCUT2D eigenvalue weighted by atomic mass is 9.89. The molecule has 1 aromatic heterocycles. The molecule has 1 saturated carbocycles. The zero-order chi connectivity index (χ0) is 13.0. The molecule has 0 aromatic carbocycles. The van der Waals surface area contributed by atoms with Gasteiger partial charge in [-0.25, -0.2) is 0 Å². The maximum absolute atomic E-state index is 6.13. The highest BCUT2D eigenvalue weighted by atomic mass is 35.5. The number of rotatable bonds is 5. The molecule has 0 radical (unpaired) electrons. The standard InChI is InChI=1S/C14H24ClN3/c1-11-14(15)12(2)18(17-11)9-8-16-10-13-6-4-3-5-7-13/h13,16H,3-10H2,1-2H3. The minimum atomic E-state index is 0.808. The van der Waals surface area contributed by atoms with E-state index >= 15 is 0 Å². The summed E-state index contributed by atoms with van der Waals surface area (Å²) in [5, 5.41) is 8.80. The topological polar surface area (TPSA) is 29.9 Å². The van der Waals surface area contributed by atoms with Crippen molar-refractivity contribution in [2.24, 2.45) is 5.92 Å². The van der Waals surface area contributed by atoms with Crippen molar-refractivity contribution in [3.05, 3.63) is 16.4 Å². The molecule has 0 unspecified atom stereocenters. The average molecular weight is 270 g/mol. The average Bonchev–Trinajstić information content (AvgIpc) is 2.64. The first-order valence-corrected chi connectivity index (χ1v) is 7.46. The lowest BCUT2D eigenvalue weighted by molar-refractivity contribution is 0.339. The van der Waals surface area contributed by atoms with E-state index in [1.54, 1.807) is 0 Å². The Morgan fingerprint density at radius 2 is 2.00 bits per heavy atom. The second-order valence-electron chi connectivity index (χ2n) is 5.42. The van der Waals surface area contributed by atoms with Crippen LogP contribution >= 0.6 is 11.6 Å². The van der Waals surface area contributed by atoms with E-state index < -0.39 is 0 Å². The Morgan fingerprint density at radius 1 is 1.28 bits per heavy atom. The fourth-order valence-corrected chi connectivity index (χ4v) is 2.91. The smallest absolute Gasteiger partial charge is 0.0844 e. The summed E-state index contributed by atoms with van der Waals surface area (Å²) in [5.74, 6) is 0.891. The molecule has 1 fully saturated rings. The molecule has 1 N–H and O–H groups in total. The van der Waals surface area contributed by atoms with Crippen molar-refractivity contribution < 1.29 is 0 Å². The molecular formula is C14H24ClN3. The van der Waals surface area contributed by atoms with Gasteiger partial charge in [-0.1, -0.05) is 30.9 Å². The summed E-state index contributed by atoms with van der Waals surface area (Å²) in [5.41, 5.74) is 2.01. The van der Waals surface area contributed by atoms with Crippen LogP contribution in [0.1, 0.15) is 43.5 Å². The number of aromatic nitrogens is 2. The first-order chi connectivity index (χ1) is 8.68. The van der Waals surface area contributed by atoms with Gasteiger partial charge in [-0.2, -0.15) is 5.10 Å². The van der Waals surface area contributed by atoms with Crippen LogP contribution in [0.5, 0.6) is 0 Å². The summed E-state index contributed by atoms with van der Waals surface area (Å²) < 4.78 is 2.01. The maximum atomic E-state index is 6.13. The quantitative estimate of drug-likeness (QED) is 0.831. The van der Waals surface area contributed by atoms with Gasteiger partial charge < -0.3 is 5.32 Å². The van der Waals surface area contributed by atoms with E-state index in [0.717, 1.165) is 42.0 Å². The Hall–Kier alpha value is -0.540. The van der Waals surface area contributed by atoms with Gasteiger partial charge in [-0.05, 0) is 39.2 Å². The highest BCUT2D eigenvalue weighted by molar-refractivity contribution is 6.31. The minimum absolute atomic E-state index is 0.808. The number of hydrogen-bond acceptors (Lipinski definition) is 2. The van der Waals surface area contributed by atoms with Crippen LogP contribution in [-0.2, 0) is 6.54 Å². The number of halogens is 1. The van der Waals surface area contributed by atoms with Crippen LogP contribution in [0, 0.1) is 19.8 Å². The molecule has 0 aliphatic heterocycles. The van der Waals surface area contributed by atoms with Gasteiger partial charge in [0.25, 0.3) is 0 Å². The third-order valence-electron chi connectivity index (χ3n) is 3.95. The summed E-state index contributed by atoms with van der Waals surface area (Å²) >= 11 is 6.13. The van der Waals surface area contributed by atoms with Gasteiger partial charge in [0.05, 0.1) is 23.0 Å². The molecule has 2 rings (SSSR count). The van der Waals surface area contributed by atoms with Crippen LogP contribution in [0.25, 0.3) is 0 Å². The molecule has 0 amide bonds. The summed E-state index contributed by atoms with van der Waals surface area (Å²) in [6, 6.07) is 0. The highest BCUT2D eigenvalue weighted by Gasteiger charge is 2.13. The third kappa shape index (κ3) is 3.48. The lowest BCUT2D eigenvalue weighted by Crippen LogP contribution is -2.28. The summed E-state index contributed by atoms with van der Waals surface area (Å²) in [6.07, 6.45) is 7.07. The normalized spacial score (nSPS) is 17.3. The SMILES string of the molecule is Cc1nn(CCNCC2CCCCC2)c(C)c1Cl. The van der Waals surface area contributed by atoms with Crippen molar-refractivity contribution in [3.63, 3.8) is 0 Å². The number of nitrogens with zero attached hydrogens (tertiary/aromatic N) is 2. The zero-order valence-electron chi connectivity index (χ0n) is 11.5. The zero-order valence-corrected chi connectivity index (χ0v) is 12.3. The molecule has 3 nitrogen and oxygen atoms in total. The predicted octanol–water partition coefficient (Wildman–Crippen LogP) is 3.32. The second kappa shape index (κ2) is 6.58. The van der Waals surface area contributed by atoms with Gasteiger partial charge in [-0.15, -0.1) is 0 Å². The number of hydrogen-bond donors (Lipinski definition) is 1. The van der Waals surface area contributed by atoms with Crippen LogP contribution in [0.3, 0.4) is 0 Å². The van der Waals surface area contributed by atoms with Gasteiger partial charge in [0.15, 0.2) is 0 Å². The first-order valence-electron chi connectivity index (χ1n) is 7.08. The van der Waals surface area contributed by atoms with E-state index in [2.05, 4.69) is 10.4 Å². The minimum Gasteiger partial charge on any atom is -0.315 e. The highest BCUT2D eigenvalue weighted by Crippen LogP contribution is 2.22. The molecule has 0 spiro atoms. The van der Waals surface area contributed by atoms with E-state index in [-0.39, 0.29) is 0 Å². The fourth-order valence-electron chi connectivity index (χ4n) is 2.78. The monoisotopic (exact) mass is 269 g/mol. The van der Waals surface area contributed by atoms with Crippen molar-refractivity contribution in [1.82, 2.24) is 15.1 Å². The molecule has 1 aromatic rings. The van der Waals surface area contributed by atoms with Crippen LogP contribution in [-0.4, -0.2) is 22.9 Å². The van der Waals surface area contributed by atoms with Crippen LogP contribution in [0.4, 0.5) is 0 Å². The Bertz CT molecular complexity index is 381. The first kappa shape index (κ1) is 13.9. The Kier molecular flexibility index (Phi) is 5.07. The van der Waals surface area contributed by atoms with Gasteiger partial charge in [0.2, 0.25) is 0 Å². The molecule has 102 valence electrons.